The fourth-order valence-electron chi connectivity index (χ4n) is 4.09. The number of rotatable bonds is 7. The molecule has 0 bridgehead atoms. The van der Waals surface area contributed by atoms with Gasteiger partial charge >= 0.3 is 0 Å². The Hall–Kier alpha value is -3.96. The Morgan fingerprint density at radius 1 is 0.914 bits per heavy atom. The lowest BCUT2D eigenvalue weighted by Gasteiger charge is -2.15. The second-order valence-electron chi connectivity index (χ2n) is 8.57. The number of aryl methyl sites for hydroxylation is 1. The Kier molecular flexibility index (Phi) is 6.59. The molecule has 2 heterocycles. The Balaban J connectivity index is 1.50. The van der Waals surface area contributed by atoms with Crippen LogP contribution in [-0.4, -0.2) is 26.5 Å². The number of hydrogen-bond acceptors (Lipinski definition) is 3. The summed E-state index contributed by atoms with van der Waals surface area (Å²) in [6.07, 6.45) is 1.72. The van der Waals surface area contributed by atoms with Crippen molar-refractivity contribution in [2.75, 3.05) is 0 Å². The van der Waals surface area contributed by atoms with Crippen molar-refractivity contribution in [3.8, 4) is 22.5 Å². The van der Waals surface area contributed by atoms with Crippen molar-refractivity contribution in [2.24, 2.45) is 0 Å². The number of amides is 1. The van der Waals surface area contributed by atoms with Crippen LogP contribution in [-0.2, 0) is 6.42 Å². The summed E-state index contributed by atoms with van der Waals surface area (Å²) >= 11 is 6.46. The minimum Gasteiger partial charge on any atom is -0.348 e. The normalized spacial score (nSPS) is 11.9. The summed E-state index contributed by atoms with van der Waals surface area (Å²) in [5, 5.41) is 8.44. The van der Waals surface area contributed by atoms with E-state index < -0.39 is 0 Å². The maximum absolute atomic E-state index is 13.5. The van der Waals surface area contributed by atoms with Crippen molar-refractivity contribution >= 4 is 23.2 Å². The summed E-state index contributed by atoms with van der Waals surface area (Å²) in [5.41, 5.74) is 5.36. The molecule has 1 unspecified atom stereocenters. The van der Waals surface area contributed by atoms with Crippen molar-refractivity contribution in [2.45, 2.75) is 25.8 Å². The molecule has 0 aliphatic heterocycles. The van der Waals surface area contributed by atoms with E-state index in [1.807, 2.05) is 85.8 Å². The molecule has 3 aromatic carbocycles. The molecule has 0 saturated carbocycles. The van der Waals surface area contributed by atoms with Crippen LogP contribution in [0, 0.1) is 0 Å². The lowest BCUT2D eigenvalue weighted by molar-refractivity contribution is 0.0931. The van der Waals surface area contributed by atoms with Gasteiger partial charge in [0.1, 0.15) is 5.69 Å². The zero-order chi connectivity index (χ0) is 24.2. The standard InChI is InChI=1S/C29H25ClN4O/c1-20(16-17-21-10-4-2-5-11-21)31-29(35)27-18-26(23-14-8-9-15-24(23)30)32-28-19-25(33-34(27)28)22-12-6-3-7-13-22/h2-15,18-20H,16-17H2,1H3,(H,31,35). The highest BCUT2D eigenvalue weighted by Gasteiger charge is 2.19. The summed E-state index contributed by atoms with van der Waals surface area (Å²) in [6.45, 7) is 2.02. The highest BCUT2D eigenvalue weighted by Crippen LogP contribution is 2.28. The third-order valence-electron chi connectivity index (χ3n) is 5.97. The monoisotopic (exact) mass is 480 g/mol. The van der Waals surface area contributed by atoms with E-state index in [4.69, 9.17) is 21.7 Å². The number of nitrogens with one attached hydrogen (secondary N) is 1. The highest BCUT2D eigenvalue weighted by atomic mass is 35.5. The molecule has 1 atom stereocenters. The van der Waals surface area contributed by atoms with Crippen LogP contribution in [0.3, 0.4) is 0 Å². The van der Waals surface area contributed by atoms with Crippen molar-refractivity contribution in [3.63, 3.8) is 0 Å². The van der Waals surface area contributed by atoms with E-state index in [9.17, 15) is 4.79 Å². The van der Waals surface area contributed by atoms with Gasteiger partial charge in [-0.15, -0.1) is 0 Å². The zero-order valence-electron chi connectivity index (χ0n) is 19.4. The van der Waals surface area contributed by atoms with Gasteiger partial charge in [-0.2, -0.15) is 5.10 Å². The van der Waals surface area contributed by atoms with Crippen molar-refractivity contribution < 1.29 is 4.79 Å². The first-order valence-electron chi connectivity index (χ1n) is 11.6. The van der Waals surface area contributed by atoms with E-state index in [0.29, 0.717) is 22.1 Å². The molecule has 0 radical (unpaired) electrons. The molecular formula is C29H25ClN4O. The van der Waals surface area contributed by atoms with Crippen molar-refractivity contribution in [1.29, 1.82) is 0 Å². The number of carbonyl (C=O) groups excluding carboxylic acids is 1. The molecule has 5 aromatic rings. The molecule has 5 rings (SSSR count). The third kappa shape index (κ3) is 5.10. The van der Waals surface area contributed by atoms with Gasteiger partial charge in [-0.1, -0.05) is 90.5 Å². The van der Waals surface area contributed by atoms with E-state index in [-0.39, 0.29) is 11.9 Å². The Morgan fingerprint density at radius 3 is 2.34 bits per heavy atom. The molecule has 0 aliphatic carbocycles. The van der Waals surface area contributed by atoms with E-state index in [1.165, 1.54) is 5.56 Å². The molecule has 174 valence electrons. The third-order valence-corrected chi connectivity index (χ3v) is 6.30. The molecule has 0 spiro atoms. The summed E-state index contributed by atoms with van der Waals surface area (Å²) in [4.78, 5) is 18.2. The van der Waals surface area contributed by atoms with Crippen molar-refractivity contribution in [3.05, 3.63) is 113 Å². The van der Waals surface area contributed by atoms with Gasteiger partial charge in [0.05, 0.1) is 11.4 Å². The zero-order valence-corrected chi connectivity index (χ0v) is 20.1. The quantitative estimate of drug-likeness (QED) is 0.290. The van der Waals surface area contributed by atoms with Crippen LogP contribution < -0.4 is 5.32 Å². The summed E-state index contributed by atoms with van der Waals surface area (Å²) in [6, 6.07) is 31.3. The average Bonchev–Trinajstić information content (AvgIpc) is 3.32. The molecule has 35 heavy (non-hydrogen) atoms. The van der Waals surface area contributed by atoms with Crippen LogP contribution in [0.4, 0.5) is 0 Å². The van der Waals surface area contributed by atoms with Crippen LogP contribution in [0.15, 0.2) is 97.1 Å². The Bertz CT molecular complexity index is 1460. The molecular weight excluding hydrogens is 456 g/mol. The Morgan fingerprint density at radius 2 is 1.60 bits per heavy atom. The fraction of sp³-hybridized carbons (Fsp3) is 0.138. The van der Waals surface area contributed by atoms with Crippen LogP contribution >= 0.6 is 11.6 Å². The van der Waals surface area contributed by atoms with E-state index >= 15 is 0 Å². The number of nitrogens with zero attached hydrogens (tertiary/aromatic N) is 3. The molecule has 5 nitrogen and oxygen atoms in total. The van der Waals surface area contributed by atoms with Gasteiger partial charge in [-0.25, -0.2) is 9.50 Å². The van der Waals surface area contributed by atoms with Gasteiger partial charge in [0.15, 0.2) is 5.65 Å². The van der Waals surface area contributed by atoms with Gasteiger partial charge in [-0.3, -0.25) is 4.79 Å². The molecule has 0 saturated heterocycles. The van der Waals surface area contributed by atoms with Gasteiger partial charge in [0.2, 0.25) is 0 Å². The molecule has 0 aliphatic rings. The van der Waals surface area contributed by atoms with E-state index in [1.54, 1.807) is 10.6 Å². The largest absolute Gasteiger partial charge is 0.348 e. The number of hydrogen-bond donors (Lipinski definition) is 1. The first-order chi connectivity index (χ1) is 17.1. The van der Waals surface area contributed by atoms with Gasteiger partial charge in [-0.05, 0) is 37.5 Å². The van der Waals surface area contributed by atoms with Crippen LogP contribution in [0.5, 0.6) is 0 Å². The smallest absolute Gasteiger partial charge is 0.270 e. The topological polar surface area (TPSA) is 59.3 Å². The van der Waals surface area contributed by atoms with E-state index in [2.05, 4.69) is 17.4 Å². The summed E-state index contributed by atoms with van der Waals surface area (Å²) in [7, 11) is 0. The van der Waals surface area contributed by atoms with E-state index in [0.717, 1.165) is 29.7 Å². The lowest BCUT2D eigenvalue weighted by atomic mass is 10.1. The predicted octanol–water partition coefficient (Wildman–Crippen LogP) is 6.47. The average molecular weight is 481 g/mol. The number of benzene rings is 3. The number of halogens is 1. The minimum absolute atomic E-state index is 0.0150. The highest BCUT2D eigenvalue weighted by molar-refractivity contribution is 6.33. The molecule has 6 heteroatoms. The first kappa shape index (κ1) is 22.8. The van der Waals surface area contributed by atoms with Gasteiger partial charge in [0.25, 0.3) is 5.91 Å². The lowest BCUT2D eigenvalue weighted by Crippen LogP contribution is -2.34. The number of carbonyl (C=O) groups is 1. The summed E-state index contributed by atoms with van der Waals surface area (Å²) in [5.74, 6) is -0.200. The molecule has 2 aromatic heterocycles. The minimum atomic E-state index is -0.200. The van der Waals surface area contributed by atoms with Crippen LogP contribution in [0.1, 0.15) is 29.4 Å². The molecule has 0 fully saturated rings. The fourth-order valence-corrected chi connectivity index (χ4v) is 4.32. The SMILES string of the molecule is CC(CCc1ccccc1)NC(=O)c1cc(-c2ccccc2Cl)nc2cc(-c3ccccc3)nn12. The van der Waals surface area contributed by atoms with Gasteiger partial charge in [0, 0.05) is 28.3 Å². The Labute approximate surface area is 209 Å². The van der Waals surface area contributed by atoms with Crippen LogP contribution in [0.2, 0.25) is 5.02 Å². The molecule has 1 amide bonds. The van der Waals surface area contributed by atoms with Crippen LogP contribution in [0.25, 0.3) is 28.2 Å². The second-order valence-corrected chi connectivity index (χ2v) is 8.98. The maximum Gasteiger partial charge on any atom is 0.270 e. The number of fused-ring (bicyclic) bond motifs is 1. The predicted molar refractivity (Wildman–Crippen MR) is 141 cm³/mol. The van der Waals surface area contributed by atoms with Crippen molar-refractivity contribution in [1.82, 2.24) is 19.9 Å². The molecule has 1 N–H and O–H groups in total. The summed E-state index contributed by atoms with van der Waals surface area (Å²) < 4.78 is 1.61. The van der Waals surface area contributed by atoms with Gasteiger partial charge < -0.3 is 5.32 Å². The number of aromatic nitrogens is 3. The maximum atomic E-state index is 13.5. The first-order valence-corrected chi connectivity index (χ1v) is 12.0. The second kappa shape index (κ2) is 10.1.